The van der Waals surface area contributed by atoms with E-state index in [9.17, 15) is 10.1 Å². The van der Waals surface area contributed by atoms with Crippen molar-refractivity contribution in [2.45, 2.75) is 19.0 Å². The van der Waals surface area contributed by atoms with Crippen LogP contribution in [0.3, 0.4) is 0 Å². The van der Waals surface area contributed by atoms with Gasteiger partial charge in [0.15, 0.2) is 5.82 Å². The van der Waals surface area contributed by atoms with E-state index in [1.807, 2.05) is 44.2 Å². The Hall–Kier alpha value is -2.63. The molecule has 1 amide bonds. The van der Waals surface area contributed by atoms with E-state index in [-0.39, 0.29) is 11.7 Å². The Balaban J connectivity index is 1.61. The number of amides is 1. The summed E-state index contributed by atoms with van der Waals surface area (Å²) in [4.78, 5) is 17.6. The second kappa shape index (κ2) is 7.51. The second-order valence-electron chi connectivity index (χ2n) is 5.27. The molecule has 0 spiro atoms. The monoisotopic (exact) mass is 369 g/mol. The van der Waals surface area contributed by atoms with Gasteiger partial charge in [-0.1, -0.05) is 42.1 Å². The van der Waals surface area contributed by atoms with E-state index in [1.54, 1.807) is 0 Å². The lowest BCUT2D eigenvalue weighted by atomic mass is 10.2. The van der Waals surface area contributed by atoms with Crippen molar-refractivity contribution < 1.29 is 4.79 Å². The second-order valence-corrected chi connectivity index (χ2v) is 7.44. The van der Waals surface area contributed by atoms with Crippen molar-refractivity contribution in [1.82, 2.24) is 15.2 Å². The summed E-state index contributed by atoms with van der Waals surface area (Å²) >= 11 is 2.66. The molecule has 0 aliphatic rings. The molecule has 0 saturated heterocycles. The van der Waals surface area contributed by atoms with Gasteiger partial charge in [-0.15, -0.1) is 16.4 Å². The zero-order valence-corrected chi connectivity index (χ0v) is 15.3. The van der Waals surface area contributed by atoms with Crippen molar-refractivity contribution >= 4 is 34.0 Å². The number of rotatable bonds is 5. The van der Waals surface area contributed by atoms with Crippen LogP contribution in [-0.2, 0) is 4.79 Å². The van der Waals surface area contributed by atoms with E-state index >= 15 is 0 Å². The third-order valence-electron chi connectivity index (χ3n) is 3.59. The molecule has 8 heteroatoms. The number of thioether (sulfide) groups is 1. The lowest BCUT2D eigenvalue weighted by Crippen LogP contribution is -2.14. The summed E-state index contributed by atoms with van der Waals surface area (Å²) in [6, 6.07) is 11.8. The van der Waals surface area contributed by atoms with Crippen LogP contribution >= 0.6 is 23.1 Å². The lowest BCUT2D eigenvalue weighted by molar-refractivity contribution is -0.113. The quantitative estimate of drug-likeness (QED) is 0.668. The molecular formula is C17H15N5OS2. The van der Waals surface area contributed by atoms with Crippen LogP contribution in [0.25, 0.3) is 11.4 Å². The molecule has 126 valence electrons. The Kier molecular flexibility index (Phi) is 5.16. The van der Waals surface area contributed by atoms with Gasteiger partial charge in [0.25, 0.3) is 0 Å². The average molecular weight is 369 g/mol. The number of nitrogens with zero attached hydrogens (tertiary/aromatic N) is 3. The Morgan fingerprint density at radius 2 is 2.12 bits per heavy atom. The first-order valence-corrected chi connectivity index (χ1v) is 9.29. The van der Waals surface area contributed by atoms with Crippen LogP contribution in [0, 0.1) is 25.2 Å². The van der Waals surface area contributed by atoms with E-state index in [4.69, 9.17) is 0 Å². The molecule has 0 bridgehead atoms. The van der Waals surface area contributed by atoms with Crippen LogP contribution in [0.1, 0.15) is 16.0 Å². The highest BCUT2D eigenvalue weighted by Crippen LogP contribution is 2.31. The van der Waals surface area contributed by atoms with Crippen LogP contribution in [-0.4, -0.2) is 26.8 Å². The van der Waals surface area contributed by atoms with Crippen LogP contribution in [0.15, 0.2) is 35.5 Å². The molecule has 0 aliphatic carbocycles. The minimum Gasteiger partial charge on any atom is -0.316 e. The van der Waals surface area contributed by atoms with E-state index in [1.165, 1.54) is 23.1 Å². The van der Waals surface area contributed by atoms with Gasteiger partial charge >= 0.3 is 0 Å². The summed E-state index contributed by atoms with van der Waals surface area (Å²) in [5, 5.41) is 20.1. The maximum Gasteiger partial charge on any atom is 0.235 e. The fourth-order valence-corrected chi connectivity index (χ4v) is 3.80. The molecule has 2 aromatic heterocycles. The number of carbonyl (C=O) groups is 1. The van der Waals surface area contributed by atoms with Gasteiger partial charge in [-0.25, -0.2) is 4.98 Å². The molecule has 0 unspecified atom stereocenters. The predicted octanol–water partition coefficient (Wildman–Crippen LogP) is 3.75. The summed E-state index contributed by atoms with van der Waals surface area (Å²) in [6.07, 6.45) is 0. The molecule has 0 radical (unpaired) electrons. The zero-order chi connectivity index (χ0) is 17.8. The smallest absolute Gasteiger partial charge is 0.235 e. The largest absolute Gasteiger partial charge is 0.316 e. The lowest BCUT2D eigenvalue weighted by Gasteiger charge is -2.01. The standard InChI is InChI=1S/C17H15N5OS2/c1-10-11(2)25-16(13(10)8-18)19-14(23)9-24-17-20-15(21-22-17)12-6-4-3-5-7-12/h3-7H,9H2,1-2H3,(H,19,23)(H,20,21,22). The number of anilines is 1. The molecule has 0 saturated carbocycles. The molecule has 6 nitrogen and oxygen atoms in total. The molecule has 3 aromatic rings. The maximum atomic E-state index is 12.2. The Labute approximate surface area is 153 Å². The number of thiophene rings is 1. The van der Waals surface area contributed by atoms with Crippen molar-refractivity contribution in [2.75, 3.05) is 11.1 Å². The number of benzene rings is 1. The van der Waals surface area contributed by atoms with Gasteiger partial charge in [-0.3, -0.25) is 9.89 Å². The molecule has 2 N–H and O–H groups in total. The van der Waals surface area contributed by atoms with Gasteiger partial charge in [0.2, 0.25) is 11.1 Å². The number of aromatic nitrogens is 3. The highest BCUT2D eigenvalue weighted by atomic mass is 32.2. The number of nitriles is 1. The van der Waals surface area contributed by atoms with Crippen molar-refractivity contribution in [3.8, 4) is 17.5 Å². The van der Waals surface area contributed by atoms with Gasteiger partial charge < -0.3 is 5.32 Å². The van der Waals surface area contributed by atoms with E-state index < -0.39 is 0 Å². The zero-order valence-electron chi connectivity index (χ0n) is 13.7. The SMILES string of the molecule is Cc1sc(NC(=O)CSc2n[nH]c(-c3ccccc3)n2)c(C#N)c1C. The number of aryl methyl sites for hydroxylation is 1. The number of hydrogen-bond donors (Lipinski definition) is 2. The van der Waals surface area contributed by atoms with E-state index in [0.29, 0.717) is 21.5 Å². The van der Waals surface area contributed by atoms with Gasteiger partial charge in [-0.05, 0) is 19.4 Å². The van der Waals surface area contributed by atoms with Gasteiger partial charge in [0.05, 0.1) is 11.3 Å². The number of hydrogen-bond acceptors (Lipinski definition) is 6. The minimum atomic E-state index is -0.186. The number of carbonyl (C=O) groups excluding carboxylic acids is 1. The average Bonchev–Trinajstić information content (AvgIpc) is 3.19. The van der Waals surface area contributed by atoms with Gasteiger partial charge in [0.1, 0.15) is 11.1 Å². The first-order chi connectivity index (χ1) is 12.1. The Morgan fingerprint density at radius 1 is 1.36 bits per heavy atom. The molecule has 0 aliphatic heterocycles. The summed E-state index contributed by atoms with van der Waals surface area (Å²) in [7, 11) is 0. The molecule has 2 heterocycles. The molecule has 0 atom stereocenters. The van der Waals surface area contributed by atoms with Gasteiger partial charge in [-0.2, -0.15) is 5.26 Å². The maximum absolute atomic E-state index is 12.2. The number of nitrogens with one attached hydrogen (secondary N) is 2. The van der Waals surface area contributed by atoms with Crippen LogP contribution in [0.4, 0.5) is 5.00 Å². The van der Waals surface area contributed by atoms with Crippen LogP contribution in [0.5, 0.6) is 0 Å². The summed E-state index contributed by atoms with van der Waals surface area (Å²) in [5.41, 5.74) is 2.39. The first-order valence-electron chi connectivity index (χ1n) is 7.49. The summed E-state index contributed by atoms with van der Waals surface area (Å²) in [5.74, 6) is 0.654. The highest BCUT2D eigenvalue weighted by Gasteiger charge is 2.15. The topological polar surface area (TPSA) is 94.5 Å². The van der Waals surface area contributed by atoms with Crippen molar-refractivity contribution in [2.24, 2.45) is 0 Å². The highest BCUT2D eigenvalue weighted by molar-refractivity contribution is 7.99. The molecule has 3 rings (SSSR count). The van der Waals surface area contributed by atoms with Gasteiger partial charge in [0, 0.05) is 10.4 Å². The van der Waals surface area contributed by atoms with Crippen LogP contribution < -0.4 is 5.32 Å². The summed E-state index contributed by atoms with van der Waals surface area (Å²) < 4.78 is 0. The Bertz CT molecular complexity index is 940. The first kappa shape index (κ1) is 17.2. The normalized spacial score (nSPS) is 10.4. The van der Waals surface area contributed by atoms with Crippen molar-refractivity contribution in [3.63, 3.8) is 0 Å². The fraction of sp³-hybridized carbons (Fsp3) is 0.176. The third-order valence-corrected chi connectivity index (χ3v) is 5.56. The molecule has 1 aromatic carbocycles. The predicted molar refractivity (Wildman–Crippen MR) is 99.7 cm³/mol. The van der Waals surface area contributed by atoms with Crippen molar-refractivity contribution in [3.05, 3.63) is 46.3 Å². The third kappa shape index (κ3) is 3.90. The van der Waals surface area contributed by atoms with E-state index in [0.717, 1.165) is 16.0 Å². The molecular weight excluding hydrogens is 354 g/mol. The van der Waals surface area contributed by atoms with Crippen LogP contribution in [0.2, 0.25) is 0 Å². The summed E-state index contributed by atoms with van der Waals surface area (Å²) in [6.45, 7) is 3.82. The molecule has 25 heavy (non-hydrogen) atoms. The Morgan fingerprint density at radius 3 is 2.84 bits per heavy atom. The van der Waals surface area contributed by atoms with E-state index in [2.05, 4.69) is 26.6 Å². The number of H-pyrrole nitrogens is 1. The molecule has 0 fully saturated rings. The minimum absolute atomic E-state index is 0.174. The fourth-order valence-electron chi connectivity index (χ4n) is 2.18. The van der Waals surface area contributed by atoms with Crippen molar-refractivity contribution in [1.29, 1.82) is 5.26 Å². The number of aromatic amines is 1.